The predicted molar refractivity (Wildman–Crippen MR) is 44.7 cm³/mol. The van der Waals surface area contributed by atoms with Crippen molar-refractivity contribution in [2.45, 2.75) is 13.8 Å². The van der Waals surface area contributed by atoms with Gasteiger partial charge in [-0.2, -0.15) is 0 Å². The fraction of sp³-hybridized carbons (Fsp3) is 0.400. The Bertz CT molecular complexity index is 122. The maximum atomic E-state index is 3.95. The van der Waals surface area contributed by atoms with Crippen molar-refractivity contribution >= 4 is 38.1 Å². The maximum absolute atomic E-state index is 3.95. The molecule has 0 aliphatic rings. The molecule has 0 aliphatic carbocycles. The average molecular weight is 241 g/mol. The van der Waals surface area contributed by atoms with Gasteiger partial charge in [0.25, 0.3) is 0 Å². The summed E-state index contributed by atoms with van der Waals surface area (Å²) in [4.78, 5) is 3.95. The summed E-state index contributed by atoms with van der Waals surface area (Å²) < 4.78 is 1.86. The molecule has 0 spiro atoms. The highest BCUT2D eigenvalue weighted by Gasteiger charge is 1.86. The van der Waals surface area contributed by atoms with Crippen molar-refractivity contribution in [3.8, 4) is 0 Å². The third-order valence-corrected chi connectivity index (χ3v) is 2.23. The number of allylic oxidation sites excluding steroid dienone is 1. The first-order valence-corrected chi connectivity index (χ1v) is 3.77. The van der Waals surface area contributed by atoms with Gasteiger partial charge in [0.05, 0.1) is 0 Å². The Kier molecular flexibility index (Phi) is 4.47. The Morgan fingerprint density at radius 3 is 2.12 bits per heavy atom. The molecule has 0 N–H and O–H groups in total. The van der Waals surface area contributed by atoms with Crippen LogP contribution in [0.2, 0.25) is 0 Å². The van der Waals surface area contributed by atoms with Gasteiger partial charge >= 0.3 is 0 Å². The standard InChI is InChI=1S/C5H7Br2N/c1-3-8-5(7)4(2)6/h3H,1-2H3/b5-4+,8-3-. The van der Waals surface area contributed by atoms with Gasteiger partial charge in [0, 0.05) is 10.7 Å². The molecule has 8 heavy (non-hydrogen) atoms. The number of nitrogens with zero attached hydrogens (tertiary/aromatic N) is 1. The zero-order chi connectivity index (χ0) is 6.57. The van der Waals surface area contributed by atoms with E-state index in [2.05, 4.69) is 36.9 Å². The molecule has 0 unspecified atom stereocenters. The topological polar surface area (TPSA) is 12.4 Å². The Labute approximate surface area is 66.1 Å². The highest BCUT2D eigenvalue weighted by atomic mass is 79.9. The summed E-state index contributed by atoms with van der Waals surface area (Å²) in [5.74, 6) is 0. The molecular weight excluding hydrogens is 234 g/mol. The van der Waals surface area contributed by atoms with Crippen LogP contribution in [-0.4, -0.2) is 6.21 Å². The van der Waals surface area contributed by atoms with Crippen LogP contribution in [0.4, 0.5) is 0 Å². The van der Waals surface area contributed by atoms with Crippen molar-refractivity contribution in [3.63, 3.8) is 0 Å². The van der Waals surface area contributed by atoms with E-state index in [1.54, 1.807) is 6.21 Å². The predicted octanol–water partition coefficient (Wildman–Crippen LogP) is 3.06. The molecule has 0 amide bonds. The van der Waals surface area contributed by atoms with Crippen LogP contribution in [0, 0.1) is 0 Å². The first-order chi connectivity index (χ1) is 3.68. The maximum Gasteiger partial charge on any atom is 0.115 e. The second-order valence-electron chi connectivity index (χ2n) is 1.21. The van der Waals surface area contributed by atoms with E-state index >= 15 is 0 Å². The molecule has 0 heterocycles. The van der Waals surface area contributed by atoms with Crippen molar-refractivity contribution in [1.82, 2.24) is 0 Å². The molecule has 0 saturated carbocycles. The molecule has 0 aliphatic heterocycles. The second-order valence-corrected chi connectivity index (χ2v) is 3.15. The fourth-order valence-corrected chi connectivity index (χ4v) is 0.509. The quantitative estimate of drug-likeness (QED) is 0.494. The third kappa shape index (κ3) is 3.38. The highest BCUT2D eigenvalue weighted by molar-refractivity contribution is 9.14. The lowest BCUT2D eigenvalue weighted by molar-refractivity contribution is 1.49. The fourth-order valence-electron chi connectivity index (χ4n) is 0.202. The second kappa shape index (κ2) is 4.27. The van der Waals surface area contributed by atoms with Gasteiger partial charge in [-0.3, -0.25) is 4.99 Å². The van der Waals surface area contributed by atoms with Crippen LogP contribution in [0.25, 0.3) is 0 Å². The molecule has 0 aromatic rings. The van der Waals surface area contributed by atoms with E-state index in [0.29, 0.717) is 0 Å². The average Bonchev–Trinajstić information content (AvgIpc) is 1.67. The lowest BCUT2D eigenvalue weighted by Gasteiger charge is -1.87. The minimum Gasteiger partial charge on any atom is -0.253 e. The van der Waals surface area contributed by atoms with Crippen molar-refractivity contribution in [2.24, 2.45) is 4.99 Å². The molecule has 46 valence electrons. The summed E-state index contributed by atoms with van der Waals surface area (Å²) in [6.07, 6.45) is 1.73. The zero-order valence-corrected chi connectivity index (χ0v) is 7.95. The number of aliphatic imine (C=N–C) groups is 1. The summed E-state index contributed by atoms with van der Waals surface area (Å²) in [5, 5.41) is 0. The molecular formula is C5H7Br2N. The molecule has 1 nitrogen and oxygen atoms in total. The molecule has 0 aromatic carbocycles. The normalized spacial score (nSPS) is 14.5. The van der Waals surface area contributed by atoms with Gasteiger partial charge < -0.3 is 0 Å². The van der Waals surface area contributed by atoms with Crippen LogP contribution in [0.5, 0.6) is 0 Å². The van der Waals surface area contributed by atoms with Crippen LogP contribution in [0.1, 0.15) is 13.8 Å². The minimum atomic E-state index is 0.847. The highest BCUT2D eigenvalue weighted by Crippen LogP contribution is 2.17. The van der Waals surface area contributed by atoms with E-state index in [-0.39, 0.29) is 0 Å². The lowest BCUT2D eigenvalue weighted by atomic mass is 10.7. The summed E-state index contributed by atoms with van der Waals surface area (Å²) in [7, 11) is 0. The van der Waals surface area contributed by atoms with Crippen LogP contribution >= 0.6 is 31.9 Å². The summed E-state index contributed by atoms with van der Waals surface area (Å²) in [6.45, 7) is 3.80. The zero-order valence-electron chi connectivity index (χ0n) is 4.78. The van der Waals surface area contributed by atoms with E-state index in [1.807, 2.05) is 13.8 Å². The number of hydrogen-bond acceptors (Lipinski definition) is 1. The Hall–Kier alpha value is 0.370. The summed E-state index contributed by atoms with van der Waals surface area (Å²) >= 11 is 6.50. The SMILES string of the molecule is C/C=N\C(Br)=C(/C)Br. The number of rotatable bonds is 1. The Morgan fingerprint density at radius 1 is 1.50 bits per heavy atom. The summed E-state index contributed by atoms with van der Waals surface area (Å²) in [6, 6.07) is 0. The molecule has 0 radical (unpaired) electrons. The molecule has 0 saturated heterocycles. The van der Waals surface area contributed by atoms with Crippen molar-refractivity contribution in [2.75, 3.05) is 0 Å². The molecule has 0 bridgehead atoms. The molecule has 0 atom stereocenters. The Morgan fingerprint density at radius 2 is 2.00 bits per heavy atom. The van der Waals surface area contributed by atoms with Crippen LogP contribution in [0.3, 0.4) is 0 Å². The van der Waals surface area contributed by atoms with E-state index in [0.717, 1.165) is 9.09 Å². The van der Waals surface area contributed by atoms with Crippen molar-refractivity contribution in [3.05, 3.63) is 9.09 Å². The van der Waals surface area contributed by atoms with Gasteiger partial charge in [-0.1, -0.05) is 15.9 Å². The van der Waals surface area contributed by atoms with Crippen molar-refractivity contribution in [1.29, 1.82) is 0 Å². The smallest absolute Gasteiger partial charge is 0.115 e. The van der Waals surface area contributed by atoms with E-state index in [4.69, 9.17) is 0 Å². The van der Waals surface area contributed by atoms with Gasteiger partial charge in [0.1, 0.15) is 4.61 Å². The number of hydrogen-bond donors (Lipinski definition) is 0. The van der Waals surface area contributed by atoms with Gasteiger partial charge in [-0.25, -0.2) is 0 Å². The molecule has 0 aromatic heterocycles. The van der Waals surface area contributed by atoms with E-state index < -0.39 is 0 Å². The first-order valence-electron chi connectivity index (χ1n) is 2.19. The molecule has 0 fully saturated rings. The van der Waals surface area contributed by atoms with E-state index in [9.17, 15) is 0 Å². The first kappa shape index (κ1) is 8.37. The largest absolute Gasteiger partial charge is 0.253 e. The summed E-state index contributed by atoms with van der Waals surface area (Å²) in [5.41, 5.74) is 0. The van der Waals surface area contributed by atoms with Gasteiger partial charge in [-0.15, -0.1) is 0 Å². The van der Waals surface area contributed by atoms with Crippen LogP contribution < -0.4 is 0 Å². The van der Waals surface area contributed by atoms with E-state index in [1.165, 1.54) is 0 Å². The monoisotopic (exact) mass is 239 g/mol. The lowest BCUT2D eigenvalue weighted by Crippen LogP contribution is -1.65. The minimum absolute atomic E-state index is 0.847. The van der Waals surface area contributed by atoms with Gasteiger partial charge in [-0.05, 0) is 29.8 Å². The molecule has 3 heteroatoms. The Balaban J connectivity index is 4.00. The van der Waals surface area contributed by atoms with Gasteiger partial charge in [0.2, 0.25) is 0 Å². The van der Waals surface area contributed by atoms with Crippen LogP contribution in [-0.2, 0) is 0 Å². The molecule has 0 rings (SSSR count). The van der Waals surface area contributed by atoms with Crippen LogP contribution in [0.15, 0.2) is 14.1 Å². The third-order valence-electron chi connectivity index (χ3n) is 0.527. The van der Waals surface area contributed by atoms with Gasteiger partial charge in [0.15, 0.2) is 0 Å². The number of halogens is 2. The van der Waals surface area contributed by atoms with Crippen molar-refractivity contribution < 1.29 is 0 Å².